The first kappa shape index (κ1) is 9.96. The Kier molecular flexibility index (Phi) is 3.50. The largest absolute Gasteiger partial charge is 0.395 e. The Morgan fingerprint density at radius 1 is 1.50 bits per heavy atom. The van der Waals surface area contributed by atoms with Crippen LogP contribution in [0.25, 0.3) is 0 Å². The molecule has 1 aliphatic rings. The lowest BCUT2D eigenvalue weighted by Gasteiger charge is -2.40. The number of nitrogens with zero attached hydrogens (tertiary/aromatic N) is 1. The molecule has 0 saturated carbocycles. The second-order valence-electron chi connectivity index (χ2n) is 3.96. The summed E-state index contributed by atoms with van der Waals surface area (Å²) < 4.78 is 0. The van der Waals surface area contributed by atoms with E-state index in [0.717, 1.165) is 19.4 Å². The van der Waals surface area contributed by atoms with Crippen LogP contribution in [0, 0.1) is 0 Å². The predicted octanol–water partition coefficient (Wildman–Crippen LogP) is 0.179. The first-order chi connectivity index (χ1) is 5.65. The van der Waals surface area contributed by atoms with Gasteiger partial charge in [-0.2, -0.15) is 0 Å². The molecule has 1 heterocycles. The number of rotatable bonds is 2. The summed E-state index contributed by atoms with van der Waals surface area (Å²) in [5, 5.41) is 9.11. The standard InChI is InChI=1S/C9H20N2O/c1-7(2)11-5-8(10)3-4-9(11)6-12/h7-9,12H,3-6,10H2,1-2H3/t8?,9-/m0/s1. The molecule has 3 N–H and O–H groups in total. The van der Waals surface area contributed by atoms with Crippen molar-refractivity contribution in [2.24, 2.45) is 5.73 Å². The summed E-state index contributed by atoms with van der Waals surface area (Å²) in [6, 6.07) is 1.13. The molecule has 0 radical (unpaired) electrons. The predicted molar refractivity (Wildman–Crippen MR) is 49.9 cm³/mol. The van der Waals surface area contributed by atoms with E-state index in [1.54, 1.807) is 0 Å². The molecule has 0 aromatic heterocycles. The van der Waals surface area contributed by atoms with Crippen molar-refractivity contribution in [2.45, 2.75) is 44.8 Å². The van der Waals surface area contributed by atoms with E-state index >= 15 is 0 Å². The number of aliphatic hydroxyl groups excluding tert-OH is 1. The van der Waals surface area contributed by atoms with Gasteiger partial charge < -0.3 is 10.8 Å². The molecule has 0 amide bonds. The molecule has 72 valence electrons. The average molecular weight is 172 g/mol. The molecule has 3 heteroatoms. The molecule has 0 aromatic carbocycles. The van der Waals surface area contributed by atoms with Crippen molar-refractivity contribution in [3.8, 4) is 0 Å². The average Bonchev–Trinajstić information content (AvgIpc) is 2.04. The lowest BCUT2D eigenvalue weighted by Crippen LogP contribution is -2.52. The highest BCUT2D eigenvalue weighted by Gasteiger charge is 2.27. The summed E-state index contributed by atoms with van der Waals surface area (Å²) in [7, 11) is 0. The van der Waals surface area contributed by atoms with Gasteiger partial charge in [0.05, 0.1) is 6.61 Å². The molecule has 2 atom stereocenters. The molecule has 0 bridgehead atoms. The van der Waals surface area contributed by atoms with E-state index in [4.69, 9.17) is 10.8 Å². The maximum absolute atomic E-state index is 9.11. The van der Waals surface area contributed by atoms with E-state index in [9.17, 15) is 0 Å². The lowest BCUT2D eigenvalue weighted by molar-refractivity contribution is 0.0569. The van der Waals surface area contributed by atoms with Crippen LogP contribution in [0.1, 0.15) is 26.7 Å². The molecule has 1 aliphatic heterocycles. The first-order valence-corrected chi connectivity index (χ1v) is 4.77. The summed E-state index contributed by atoms with van der Waals surface area (Å²) in [6.45, 7) is 5.51. The van der Waals surface area contributed by atoms with Gasteiger partial charge in [-0.15, -0.1) is 0 Å². The van der Waals surface area contributed by atoms with Gasteiger partial charge in [0.2, 0.25) is 0 Å². The van der Waals surface area contributed by atoms with Gasteiger partial charge in [0, 0.05) is 24.7 Å². The maximum Gasteiger partial charge on any atom is 0.0587 e. The molecule has 0 aliphatic carbocycles. The van der Waals surface area contributed by atoms with Crippen molar-refractivity contribution in [1.29, 1.82) is 0 Å². The second kappa shape index (κ2) is 4.21. The smallest absolute Gasteiger partial charge is 0.0587 e. The highest BCUT2D eigenvalue weighted by atomic mass is 16.3. The molecule has 12 heavy (non-hydrogen) atoms. The first-order valence-electron chi connectivity index (χ1n) is 4.77. The fourth-order valence-electron chi connectivity index (χ4n) is 1.91. The van der Waals surface area contributed by atoms with Crippen LogP contribution in [0.15, 0.2) is 0 Å². The second-order valence-corrected chi connectivity index (χ2v) is 3.96. The fourth-order valence-corrected chi connectivity index (χ4v) is 1.91. The van der Waals surface area contributed by atoms with E-state index in [1.165, 1.54) is 0 Å². The van der Waals surface area contributed by atoms with Crippen molar-refractivity contribution >= 4 is 0 Å². The van der Waals surface area contributed by atoms with Crippen LogP contribution in [-0.2, 0) is 0 Å². The third-order valence-electron chi connectivity index (χ3n) is 2.66. The van der Waals surface area contributed by atoms with Gasteiger partial charge in [0.15, 0.2) is 0 Å². The summed E-state index contributed by atoms with van der Waals surface area (Å²) in [5.74, 6) is 0. The van der Waals surface area contributed by atoms with Crippen molar-refractivity contribution in [2.75, 3.05) is 13.2 Å². The summed E-state index contributed by atoms with van der Waals surface area (Å²) in [4.78, 5) is 2.30. The zero-order valence-corrected chi connectivity index (χ0v) is 8.03. The summed E-state index contributed by atoms with van der Waals surface area (Å²) in [5.41, 5.74) is 5.86. The number of hydrogen-bond acceptors (Lipinski definition) is 3. The van der Waals surface area contributed by atoms with Crippen molar-refractivity contribution in [1.82, 2.24) is 4.90 Å². The Morgan fingerprint density at radius 2 is 2.17 bits per heavy atom. The van der Waals surface area contributed by atoms with Crippen LogP contribution >= 0.6 is 0 Å². The van der Waals surface area contributed by atoms with E-state index in [-0.39, 0.29) is 6.61 Å². The third kappa shape index (κ3) is 2.19. The molecule has 1 saturated heterocycles. The Morgan fingerprint density at radius 3 is 2.67 bits per heavy atom. The molecule has 1 fully saturated rings. The van der Waals surface area contributed by atoms with Gasteiger partial charge in [-0.05, 0) is 26.7 Å². The van der Waals surface area contributed by atoms with Gasteiger partial charge in [0.1, 0.15) is 0 Å². The number of nitrogens with two attached hydrogens (primary N) is 1. The summed E-state index contributed by atoms with van der Waals surface area (Å²) in [6.07, 6.45) is 2.09. The fraction of sp³-hybridized carbons (Fsp3) is 1.00. The molecule has 0 spiro atoms. The van der Waals surface area contributed by atoms with Crippen LogP contribution < -0.4 is 5.73 Å². The third-order valence-corrected chi connectivity index (χ3v) is 2.66. The van der Waals surface area contributed by atoms with Crippen LogP contribution in [0.2, 0.25) is 0 Å². The molecule has 0 aromatic rings. The Balaban J connectivity index is 2.52. The van der Waals surface area contributed by atoms with Gasteiger partial charge >= 0.3 is 0 Å². The minimum absolute atomic E-state index is 0.269. The molecule has 3 nitrogen and oxygen atoms in total. The normalized spacial score (nSPS) is 32.8. The lowest BCUT2D eigenvalue weighted by atomic mass is 9.98. The molecule has 1 unspecified atom stereocenters. The quantitative estimate of drug-likeness (QED) is 0.624. The van der Waals surface area contributed by atoms with E-state index < -0.39 is 0 Å². The van der Waals surface area contributed by atoms with Crippen LogP contribution in [0.4, 0.5) is 0 Å². The Labute approximate surface area is 74.5 Å². The Bertz CT molecular complexity index is 138. The highest BCUT2D eigenvalue weighted by molar-refractivity contribution is 4.84. The monoisotopic (exact) mass is 172 g/mol. The van der Waals surface area contributed by atoms with Gasteiger partial charge in [-0.25, -0.2) is 0 Å². The van der Waals surface area contributed by atoms with Gasteiger partial charge in [0.25, 0.3) is 0 Å². The Hall–Kier alpha value is -0.120. The summed E-state index contributed by atoms with van der Waals surface area (Å²) >= 11 is 0. The molecular formula is C9H20N2O. The van der Waals surface area contributed by atoms with Gasteiger partial charge in [-0.1, -0.05) is 0 Å². The molecular weight excluding hydrogens is 152 g/mol. The zero-order valence-electron chi connectivity index (χ0n) is 8.03. The van der Waals surface area contributed by atoms with Crippen LogP contribution in [0.5, 0.6) is 0 Å². The zero-order chi connectivity index (χ0) is 9.14. The topological polar surface area (TPSA) is 49.5 Å². The maximum atomic E-state index is 9.11. The number of hydrogen-bond donors (Lipinski definition) is 2. The van der Waals surface area contributed by atoms with Crippen molar-refractivity contribution in [3.63, 3.8) is 0 Å². The minimum atomic E-state index is 0.269. The SMILES string of the molecule is CC(C)N1CC(N)CC[C@H]1CO. The van der Waals surface area contributed by atoms with Crippen molar-refractivity contribution in [3.05, 3.63) is 0 Å². The number of piperidine rings is 1. The van der Waals surface area contributed by atoms with Crippen LogP contribution in [0.3, 0.4) is 0 Å². The molecule has 1 rings (SSSR count). The van der Waals surface area contributed by atoms with E-state index in [0.29, 0.717) is 18.1 Å². The van der Waals surface area contributed by atoms with E-state index in [2.05, 4.69) is 18.7 Å². The highest BCUT2D eigenvalue weighted by Crippen LogP contribution is 2.18. The van der Waals surface area contributed by atoms with Crippen molar-refractivity contribution < 1.29 is 5.11 Å². The van der Waals surface area contributed by atoms with Gasteiger partial charge in [-0.3, -0.25) is 4.90 Å². The van der Waals surface area contributed by atoms with Crippen LogP contribution in [-0.4, -0.2) is 41.3 Å². The number of aliphatic hydroxyl groups is 1. The van der Waals surface area contributed by atoms with E-state index in [1.807, 2.05) is 0 Å². The minimum Gasteiger partial charge on any atom is -0.395 e. The number of likely N-dealkylation sites (tertiary alicyclic amines) is 1.